The van der Waals surface area contributed by atoms with E-state index in [1.54, 1.807) is 0 Å². The molecule has 5 rings (SSSR count). The predicted molar refractivity (Wildman–Crippen MR) is 128 cm³/mol. The number of nitrogens with one attached hydrogen (secondary N) is 1. The van der Waals surface area contributed by atoms with Crippen molar-refractivity contribution < 1.29 is 9.15 Å². The molecule has 33 heavy (non-hydrogen) atoms. The van der Waals surface area contributed by atoms with Crippen molar-refractivity contribution in [2.24, 2.45) is 0 Å². The Morgan fingerprint density at radius 1 is 0.879 bits per heavy atom. The summed E-state index contributed by atoms with van der Waals surface area (Å²) >= 11 is 0. The van der Waals surface area contributed by atoms with Gasteiger partial charge in [-0.1, -0.05) is 42.0 Å². The number of hydrogen-bond donors (Lipinski definition) is 1. The van der Waals surface area contributed by atoms with E-state index in [0.717, 1.165) is 33.3 Å². The maximum Gasteiger partial charge on any atom is 0.286 e. The first-order valence-corrected chi connectivity index (χ1v) is 10.8. The highest BCUT2D eigenvalue weighted by Gasteiger charge is 2.16. The van der Waals surface area contributed by atoms with Gasteiger partial charge in [-0.25, -0.2) is 9.97 Å². The standard InChI is InChI=1S/C26H23N5O2/c1-3-32-20-13-11-18(12-14-20)16-27-23-21-9-4-5-10-22(21)28-24(29-23)26-31-30-25(33-26)19-8-6-7-17(2)15-19/h4-15H,3,16H2,1-2H3,(H,27,28,29). The van der Waals surface area contributed by atoms with Crippen LogP contribution in [0.3, 0.4) is 0 Å². The fourth-order valence-electron chi connectivity index (χ4n) is 3.57. The Morgan fingerprint density at radius 3 is 2.52 bits per heavy atom. The maximum absolute atomic E-state index is 5.92. The van der Waals surface area contributed by atoms with Crippen LogP contribution in [0.4, 0.5) is 5.82 Å². The van der Waals surface area contributed by atoms with E-state index in [0.29, 0.717) is 30.7 Å². The fourth-order valence-corrected chi connectivity index (χ4v) is 3.57. The molecule has 164 valence electrons. The number of ether oxygens (including phenoxy) is 1. The molecule has 7 heteroatoms. The lowest BCUT2D eigenvalue weighted by Gasteiger charge is -2.10. The highest BCUT2D eigenvalue weighted by molar-refractivity contribution is 5.90. The first-order valence-electron chi connectivity index (χ1n) is 10.8. The summed E-state index contributed by atoms with van der Waals surface area (Å²) in [6.07, 6.45) is 0. The summed E-state index contributed by atoms with van der Waals surface area (Å²) in [5.41, 5.74) is 3.90. The SMILES string of the molecule is CCOc1ccc(CNc2nc(-c3nnc(-c4cccc(C)c4)o3)nc3ccccc23)cc1. The molecule has 5 aromatic rings. The summed E-state index contributed by atoms with van der Waals surface area (Å²) in [6.45, 7) is 5.25. The van der Waals surface area contributed by atoms with E-state index in [4.69, 9.17) is 14.1 Å². The average Bonchev–Trinajstić information content (AvgIpc) is 3.34. The highest BCUT2D eigenvalue weighted by atomic mass is 16.5. The van der Waals surface area contributed by atoms with E-state index in [-0.39, 0.29) is 5.89 Å². The zero-order valence-corrected chi connectivity index (χ0v) is 18.4. The first-order chi connectivity index (χ1) is 16.2. The van der Waals surface area contributed by atoms with Crippen LogP contribution in [-0.2, 0) is 6.54 Å². The number of benzene rings is 3. The fraction of sp³-hybridized carbons (Fsp3) is 0.154. The van der Waals surface area contributed by atoms with Crippen LogP contribution < -0.4 is 10.1 Å². The molecule has 2 aromatic heterocycles. The minimum Gasteiger partial charge on any atom is -0.494 e. The minimum absolute atomic E-state index is 0.279. The Balaban J connectivity index is 1.45. The highest BCUT2D eigenvalue weighted by Crippen LogP contribution is 2.27. The van der Waals surface area contributed by atoms with E-state index < -0.39 is 0 Å². The van der Waals surface area contributed by atoms with Crippen molar-refractivity contribution >= 4 is 16.7 Å². The van der Waals surface area contributed by atoms with Crippen molar-refractivity contribution in [3.63, 3.8) is 0 Å². The Kier molecular flexibility index (Phi) is 5.68. The number of rotatable bonds is 7. The zero-order chi connectivity index (χ0) is 22.6. The Bertz CT molecular complexity index is 1400. The zero-order valence-electron chi connectivity index (χ0n) is 18.4. The van der Waals surface area contributed by atoms with Gasteiger partial charge < -0.3 is 14.5 Å². The molecule has 0 bridgehead atoms. The quantitative estimate of drug-likeness (QED) is 0.351. The Hall–Kier alpha value is -4.26. The van der Waals surface area contributed by atoms with Crippen molar-refractivity contribution in [1.82, 2.24) is 20.2 Å². The number of aromatic nitrogens is 4. The van der Waals surface area contributed by atoms with Crippen LogP contribution in [0.2, 0.25) is 0 Å². The summed E-state index contributed by atoms with van der Waals surface area (Å²) < 4.78 is 11.4. The van der Waals surface area contributed by atoms with Crippen LogP contribution in [0, 0.1) is 6.92 Å². The predicted octanol–water partition coefficient (Wildman–Crippen LogP) is 5.67. The van der Waals surface area contributed by atoms with Gasteiger partial charge >= 0.3 is 0 Å². The van der Waals surface area contributed by atoms with Gasteiger partial charge in [0.15, 0.2) is 0 Å². The molecule has 0 aliphatic heterocycles. The van der Waals surface area contributed by atoms with Gasteiger partial charge in [0.05, 0.1) is 12.1 Å². The summed E-state index contributed by atoms with van der Waals surface area (Å²) in [6, 6.07) is 23.8. The third-order valence-electron chi connectivity index (χ3n) is 5.18. The minimum atomic E-state index is 0.279. The van der Waals surface area contributed by atoms with Crippen molar-refractivity contribution in [2.75, 3.05) is 11.9 Å². The summed E-state index contributed by atoms with van der Waals surface area (Å²) in [7, 11) is 0. The van der Waals surface area contributed by atoms with Gasteiger partial charge in [-0.3, -0.25) is 0 Å². The van der Waals surface area contributed by atoms with Gasteiger partial charge in [-0.05, 0) is 55.8 Å². The van der Waals surface area contributed by atoms with Gasteiger partial charge in [-0.2, -0.15) is 0 Å². The van der Waals surface area contributed by atoms with E-state index in [9.17, 15) is 0 Å². The monoisotopic (exact) mass is 437 g/mol. The molecule has 0 amide bonds. The van der Waals surface area contributed by atoms with Crippen LogP contribution in [0.15, 0.2) is 77.2 Å². The number of fused-ring (bicyclic) bond motifs is 1. The van der Waals surface area contributed by atoms with E-state index in [1.807, 2.05) is 86.6 Å². The molecule has 0 radical (unpaired) electrons. The molecule has 7 nitrogen and oxygen atoms in total. The second-order valence-corrected chi connectivity index (χ2v) is 7.63. The lowest BCUT2D eigenvalue weighted by Crippen LogP contribution is -2.04. The summed E-state index contributed by atoms with van der Waals surface area (Å²) in [5.74, 6) is 2.67. The Morgan fingerprint density at radius 2 is 1.70 bits per heavy atom. The van der Waals surface area contributed by atoms with Crippen LogP contribution >= 0.6 is 0 Å². The number of para-hydroxylation sites is 1. The average molecular weight is 438 g/mol. The summed E-state index contributed by atoms with van der Waals surface area (Å²) in [5, 5.41) is 12.8. The van der Waals surface area contributed by atoms with E-state index in [2.05, 4.69) is 20.5 Å². The largest absolute Gasteiger partial charge is 0.494 e. The molecule has 0 unspecified atom stereocenters. The van der Waals surface area contributed by atoms with Gasteiger partial charge in [-0.15, -0.1) is 10.2 Å². The number of hydrogen-bond acceptors (Lipinski definition) is 7. The molecule has 3 aromatic carbocycles. The van der Waals surface area contributed by atoms with Crippen molar-refractivity contribution in [1.29, 1.82) is 0 Å². The molecule has 0 aliphatic carbocycles. The number of nitrogens with zero attached hydrogens (tertiary/aromatic N) is 4. The topological polar surface area (TPSA) is 86.0 Å². The van der Waals surface area contributed by atoms with Gasteiger partial charge in [0.25, 0.3) is 5.89 Å². The van der Waals surface area contributed by atoms with Crippen molar-refractivity contribution in [2.45, 2.75) is 20.4 Å². The van der Waals surface area contributed by atoms with Crippen LogP contribution in [-0.4, -0.2) is 26.8 Å². The first kappa shape index (κ1) is 20.6. The Labute approximate surface area is 191 Å². The third kappa shape index (κ3) is 4.52. The molecule has 1 N–H and O–H groups in total. The van der Waals surface area contributed by atoms with E-state index >= 15 is 0 Å². The van der Waals surface area contributed by atoms with Crippen LogP contribution in [0.25, 0.3) is 34.1 Å². The lowest BCUT2D eigenvalue weighted by molar-refractivity contribution is 0.340. The van der Waals surface area contributed by atoms with E-state index in [1.165, 1.54) is 0 Å². The van der Waals surface area contributed by atoms with Gasteiger partial charge in [0.1, 0.15) is 11.6 Å². The molecule has 0 aliphatic rings. The number of aryl methyl sites for hydroxylation is 1. The third-order valence-corrected chi connectivity index (χ3v) is 5.18. The molecule has 0 saturated heterocycles. The van der Waals surface area contributed by atoms with Crippen LogP contribution in [0.5, 0.6) is 5.75 Å². The molecular weight excluding hydrogens is 414 g/mol. The molecular formula is C26H23N5O2. The molecule has 0 atom stereocenters. The normalized spacial score (nSPS) is 11.0. The summed E-state index contributed by atoms with van der Waals surface area (Å²) in [4.78, 5) is 9.37. The molecule has 0 fully saturated rings. The molecule has 0 saturated carbocycles. The smallest absolute Gasteiger partial charge is 0.286 e. The lowest BCUT2D eigenvalue weighted by atomic mass is 10.1. The molecule has 0 spiro atoms. The van der Waals surface area contributed by atoms with Crippen LogP contribution in [0.1, 0.15) is 18.1 Å². The second kappa shape index (κ2) is 9.08. The number of anilines is 1. The van der Waals surface area contributed by atoms with Gasteiger partial charge in [0, 0.05) is 17.5 Å². The van der Waals surface area contributed by atoms with Crippen molar-refractivity contribution in [3.05, 3.63) is 83.9 Å². The molecule has 2 heterocycles. The maximum atomic E-state index is 5.92. The second-order valence-electron chi connectivity index (χ2n) is 7.63. The van der Waals surface area contributed by atoms with Gasteiger partial charge in [0.2, 0.25) is 11.7 Å². The van der Waals surface area contributed by atoms with Crippen molar-refractivity contribution in [3.8, 4) is 28.9 Å².